The van der Waals surface area contributed by atoms with Crippen LogP contribution >= 0.6 is 0 Å². The van der Waals surface area contributed by atoms with Gasteiger partial charge < -0.3 is 9.84 Å². The lowest BCUT2D eigenvalue weighted by molar-refractivity contribution is 0.216. The summed E-state index contributed by atoms with van der Waals surface area (Å²) in [6, 6.07) is 19.5. The minimum Gasteiger partial charge on any atom is -0.457 e. The van der Waals surface area contributed by atoms with Crippen LogP contribution in [0.25, 0.3) is 0 Å². The summed E-state index contributed by atoms with van der Waals surface area (Å²) in [5, 5.41) is 8.06. The Balaban J connectivity index is 0.000000317. The first-order valence-corrected chi connectivity index (χ1v) is 5.64. The number of aliphatic hydroxyl groups excluding tert-OH is 1. The van der Waals surface area contributed by atoms with E-state index in [2.05, 4.69) is 0 Å². The molecule has 0 amide bonds. The van der Waals surface area contributed by atoms with Crippen LogP contribution in [0.1, 0.15) is 13.8 Å². The fourth-order valence-corrected chi connectivity index (χ4v) is 1.11. The molecular weight excluding hydrogens is 212 g/mol. The summed E-state index contributed by atoms with van der Waals surface area (Å²) in [4.78, 5) is 0. The standard InChI is InChI=1S/C12H10O.C3H8O/c1-3-7-11(8-4-1)13-12-9-5-2-6-10-12;1-3(2)4/h1-10H;3-4H,1-2H3. The maximum absolute atomic E-state index is 8.06. The number of aliphatic hydroxyl groups is 1. The van der Waals surface area contributed by atoms with Crippen LogP contribution in [-0.4, -0.2) is 11.2 Å². The Kier molecular flexibility index (Phi) is 5.83. The van der Waals surface area contributed by atoms with E-state index >= 15 is 0 Å². The molecule has 0 heterocycles. The number of ether oxygens (including phenoxy) is 1. The molecule has 0 atom stereocenters. The van der Waals surface area contributed by atoms with Gasteiger partial charge in [-0.15, -0.1) is 0 Å². The van der Waals surface area contributed by atoms with Crippen molar-refractivity contribution in [2.75, 3.05) is 0 Å². The molecule has 0 fully saturated rings. The minimum absolute atomic E-state index is 0.167. The van der Waals surface area contributed by atoms with Crippen molar-refractivity contribution in [3.63, 3.8) is 0 Å². The second-order valence-corrected chi connectivity index (χ2v) is 3.82. The van der Waals surface area contributed by atoms with Crippen molar-refractivity contribution in [3.05, 3.63) is 60.7 Å². The van der Waals surface area contributed by atoms with E-state index in [4.69, 9.17) is 9.84 Å². The number of benzene rings is 2. The molecule has 2 aromatic rings. The predicted octanol–water partition coefficient (Wildman–Crippen LogP) is 3.87. The predicted molar refractivity (Wildman–Crippen MR) is 70.3 cm³/mol. The van der Waals surface area contributed by atoms with Crippen molar-refractivity contribution < 1.29 is 9.84 Å². The molecule has 0 unspecified atom stereocenters. The molecule has 0 aliphatic rings. The molecule has 0 saturated heterocycles. The van der Waals surface area contributed by atoms with Crippen molar-refractivity contribution in [1.82, 2.24) is 0 Å². The van der Waals surface area contributed by atoms with E-state index in [0.29, 0.717) is 0 Å². The molecule has 90 valence electrons. The Morgan fingerprint density at radius 1 is 0.765 bits per heavy atom. The Morgan fingerprint density at radius 3 is 1.35 bits per heavy atom. The Hall–Kier alpha value is -1.80. The topological polar surface area (TPSA) is 29.5 Å². The molecule has 0 aliphatic heterocycles. The molecule has 2 rings (SSSR count). The maximum atomic E-state index is 8.06. The van der Waals surface area contributed by atoms with Crippen molar-refractivity contribution in [3.8, 4) is 11.5 Å². The average molecular weight is 230 g/mol. The van der Waals surface area contributed by atoms with Gasteiger partial charge in [-0.05, 0) is 38.1 Å². The normalized spacial score (nSPS) is 9.41. The molecule has 2 aromatic carbocycles. The average Bonchev–Trinajstić information content (AvgIpc) is 2.31. The highest BCUT2D eigenvalue weighted by atomic mass is 16.5. The molecule has 0 bridgehead atoms. The maximum Gasteiger partial charge on any atom is 0.127 e. The quantitative estimate of drug-likeness (QED) is 0.848. The van der Waals surface area contributed by atoms with E-state index < -0.39 is 0 Å². The zero-order chi connectivity index (χ0) is 12.5. The van der Waals surface area contributed by atoms with Crippen LogP contribution < -0.4 is 4.74 Å². The van der Waals surface area contributed by atoms with Gasteiger partial charge in [0, 0.05) is 6.10 Å². The van der Waals surface area contributed by atoms with Crippen LogP contribution in [0.3, 0.4) is 0 Å². The van der Waals surface area contributed by atoms with E-state index in [-0.39, 0.29) is 6.10 Å². The monoisotopic (exact) mass is 230 g/mol. The second-order valence-electron chi connectivity index (χ2n) is 3.82. The summed E-state index contributed by atoms with van der Waals surface area (Å²) in [5.74, 6) is 1.74. The van der Waals surface area contributed by atoms with Gasteiger partial charge in [-0.2, -0.15) is 0 Å². The van der Waals surface area contributed by atoms with E-state index in [1.165, 1.54) is 0 Å². The fourth-order valence-electron chi connectivity index (χ4n) is 1.11. The number of hydrogen-bond acceptors (Lipinski definition) is 2. The van der Waals surface area contributed by atoms with Crippen molar-refractivity contribution in [2.45, 2.75) is 20.0 Å². The van der Waals surface area contributed by atoms with E-state index in [0.717, 1.165) is 11.5 Å². The summed E-state index contributed by atoms with van der Waals surface area (Å²) in [5.41, 5.74) is 0. The summed E-state index contributed by atoms with van der Waals surface area (Å²) in [6.45, 7) is 3.44. The first kappa shape index (κ1) is 13.3. The third kappa shape index (κ3) is 6.38. The van der Waals surface area contributed by atoms with Gasteiger partial charge in [0.25, 0.3) is 0 Å². The van der Waals surface area contributed by atoms with E-state index in [9.17, 15) is 0 Å². The van der Waals surface area contributed by atoms with Gasteiger partial charge in [-0.25, -0.2) is 0 Å². The van der Waals surface area contributed by atoms with Gasteiger partial charge in [-0.1, -0.05) is 36.4 Å². The summed E-state index contributed by atoms with van der Waals surface area (Å²) >= 11 is 0. The summed E-state index contributed by atoms with van der Waals surface area (Å²) in [7, 11) is 0. The lowest BCUT2D eigenvalue weighted by Gasteiger charge is -2.03. The summed E-state index contributed by atoms with van der Waals surface area (Å²) < 4.78 is 5.58. The largest absolute Gasteiger partial charge is 0.457 e. The molecular formula is C15H18O2. The minimum atomic E-state index is -0.167. The van der Waals surface area contributed by atoms with Crippen LogP contribution in [0.15, 0.2) is 60.7 Å². The molecule has 17 heavy (non-hydrogen) atoms. The van der Waals surface area contributed by atoms with Gasteiger partial charge in [0.2, 0.25) is 0 Å². The number of hydrogen-bond donors (Lipinski definition) is 1. The van der Waals surface area contributed by atoms with Gasteiger partial charge in [0.15, 0.2) is 0 Å². The van der Waals surface area contributed by atoms with Gasteiger partial charge in [0.1, 0.15) is 11.5 Å². The van der Waals surface area contributed by atoms with Crippen molar-refractivity contribution >= 4 is 0 Å². The van der Waals surface area contributed by atoms with Crippen LogP contribution in [0.2, 0.25) is 0 Å². The van der Waals surface area contributed by atoms with Gasteiger partial charge >= 0.3 is 0 Å². The van der Waals surface area contributed by atoms with E-state index in [1.807, 2.05) is 60.7 Å². The second kappa shape index (κ2) is 7.47. The first-order valence-electron chi connectivity index (χ1n) is 5.64. The molecule has 0 saturated carbocycles. The molecule has 2 heteroatoms. The highest BCUT2D eigenvalue weighted by Gasteiger charge is 1.92. The van der Waals surface area contributed by atoms with Gasteiger partial charge in [-0.3, -0.25) is 0 Å². The zero-order valence-corrected chi connectivity index (χ0v) is 10.2. The zero-order valence-electron chi connectivity index (χ0n) is 10.2. The van der Waals surface area contributed by atoms with E-state index in [1.54, 1.807) is 13.8 Å². The van der Waals surface area contributed by atoms with Crippen LogP contribution in [0.4, 0.5) is 0 Å². The van der Waals surface area contributed by atoms with Crippen LogP contribution in [0.5, 0.6) is 11.5 Å². The number of rotatable bonds is 2. The molecule has 0 aromatic heterocycles. The Bertz CT molecular complexity index is 356. The molecule has 0 radical (unpaired) electrons. The lowest BCUT2D eigenvalue weighted by atomic mass is 10.3. The molecule has 1 N–H and O–H groups in total. The number of para-hydroxylation sites is 2. The van der Waals surface area contributed by atoms with Crippen molar-refractivity contribution in [1.29, 1.82) is 0 Å². The Labute approximate surface area is 102 Å². The van der Waals surface area contributed by atoms with Crippen LogP contribution in [0, 0.1) is 0 Å². The van der Waals surface area contributed by atoms with Gasteiger partial charge in [0.05, 0.1) is 0 Å². The SMILES string of the molecule is CC(C)O.c1ccc(Oc2ccccc2)cc1. The molecule has 0 aliphatic carbocycles. The first-order chi connectivity index (χ1) is 8.18. The highest BCUT2D eigenvalue weighted by molar-refractivity contribution is 5.30. The molecule has 0 spiro atoms. The third-order valence-corrected chi connectivity index (χ3v) is 1.72. The fraction of sp³-hybridized carbons (Fsp3) is 0.200. The Morgan fingerprint density at radius 2 is 1.06 bits per heavy atom. The van der Waals surface area contributed by atoms with Crippen molar-refractivity contribution in [2.24, 2.45) is 0 Å². The lowest BCUT2D eigenvalue weighted by Crippen LogP contribution is -1.85. The molecule has 2 nitrogen and oxygen atoms in total. The highest BCUT2D eigenvalue weighted by Crippen LogP contribution is 2.19. The van der Waals surface area contributed by atoms with Crippen LogP contribution in [-0.2, 0) is 0 Å². The smallest absolute Gasteiger partial charge is 0.127 e. The third-order valence-electron chi connectivity index (χ3n) is 1.72. The summed E-state index contributed by atoms with van der Waals surface area (Å²) in [6.07, 6.45) is -0.167.